The highest BCUT2D eigenvalue weighted by Crippen LogP contribution is 2.54. The molecule has 2 aromatic heterocycles. The van der Waals surface area contributed by atoms with Gasteiger partial charge in [-0.05, 0) is 55.5 Å². The summed E-state index contributed by atoms with van der Waals surface area (Å²) in [4.78, 5) is 33.2. The number of carboxylic acid groups (broad SMARTS) is 1. The molecule has 4 fully saturated rings. The number of hydrogen-bond acceptors (Lipinski definition) is 6. The van der Waals surface area contributed by atoms with E-state index in [4.69, 9.17) is 32.9 Å². The molecule has 4 atom stereocenters. The first-order valence-electron chi connectivity index (χ1n) is 17.4. The second-order valence-corrected chi connectivity index (χ2v) is 14.7. The van der Waals surface area contributed by atoms with Crippen LogP contribution in [0.5, 0.6) is 0 Å². The van der Waals surface area contributed by atoms with Crippen molar-refractivity contribution in [3.8, 4) is 28.5 Å². The van der Waals surface area contributed by atoms with Gasteiger partial charge in [0.2, 0.25) is 0 Å². The molecular weight excluding hydrogens is 746 g/mol. The van der Waals surface area contributed by atoms with Crippen molar-refractivity contribution in [3.63, 3.8) is 0 Å². The number of ether oxygens (including phenoxy) is 1. The molecule has 0 radical (unpaired) electrons. The average Bonchev–Trinajstić information content (AvgIpc) is 3.96. The Hall–Kier alpha value is -5.03. The first kappa shape index (κ1) is 36.0. The van der Waals surface area contributed by atoms with Crippen molar-refractivity contribution in [3.05, 3.63) is 86.8 Å². The smallest absolute Gasteiger partial charge is 0.410 e. The van der Waals surface area contributed by atoms with Gasteiger partial charge >= 0.3 is 12.2 Å². The molecule has 3 aliphatic heterocycles. The number of aliphatic hydroxyl groups is 1. The number of nitriles is 1. The number of nitrogens with zero attached hydrogens (tertiary/aromatic N) is 5. The monoisotopic (exact) mass is 777 g/mol. The molecule has 9 rings (SSSR count). The molecule has 10 nitrogen and oxygen atoms in total. The van der Waals surface area contributed by atoms with Crippen LogP contribution >= 0.6 is 23.2 Å². The molecule has 2 N–H and O–H groups in total. The summed E-state index contributed by atoms with van der Waals surface area (Å²) < 4.78 is 56.1. The van der Waals surface area contributed by atoms with Crippen LogP contribution in [0.15, 0.2) is 42.5 Å². The SMILES string of the molecule is COC(=O)N1CCC[C@@H]1c1cc2c(-c3ccc(CO)c(F)c3F)nc3c(F)c(-c4cccc(Cl)c4Cl)c(CCC#N)cc3c2n1[C@H]1[C@@H]2C[C@H]1N(C(=O)O)C2. The quantitative estimate of drug-likeness (QED) is 0.169. The Balaban J connectivity index is 1.53. The lowest BCUT2D eigenvalue weighted by Crippen LogP contribution is -2.43. The highest BCUT2D eigenvalue weighted by Gasteiger charge is 2.56. The number of aliphatic hydroxyl groups excluding tert-OH is 1. The molecule has 2 amide bonds. The molecule has 5 heterocycles. The summed E-state index contributed by atoms with van der Waals surface area (Å²) in [6.07, 6.45) is 0.216. The lowest BCUT2D eigenvalue weighted by molar-refractivity contribution is 0.112. The topological polar surface area (TPSA) is 132 Å². The number of aryl methyl sites for hydroxylation is 1. The van der Waals surface area contributed by atoms with E-state index in [1.165, 1.54) is 24.1 Å². The van der Waals surface area contributed by atoms with E-state index in [1.807, 2.05) is 4.57 Å². The summed E-state index contributed by atoms with van der Waals surface area (Å²) >= 11 is 13.0. The predicted molar refractivity (Wildman–Crippen MR) is 195 cm³/mol. The average molecular weight is 779 g/mol. The maximum absolute atomic E-state index is 17.5. The van der Waals surface area contributed by atoms with Gasteiger partial charge in [-0.1, -0.05) is 41.4 Å². The molecule has 3 aromatic carbocycles. The lowest BCUT2D eigenvalue weighted by atomic mass is 9.79. The first-order chi connectivity index (χ1) is 26.0. The summed E-state index contributed by atoms with van der Waals surface area (Å²) in [6.45, 7) is -0.126. The van der Waals surface area contributed by atoms with Gasteiger partial charge in [-0.15, -0.1) is 0 Å². The standard InChI is InChI=1S/C39H32Cl2F3N5O5/c1-54-39(53)47-12-4-8-26(47)27-15-24-34(22-10-9-19(17-50)31(42)32(22)43)46-35-23(37(24)49(27)36-20-14-28(36)48(16-20)38(51)52)13-18(5-3-11-45)29(33(35)44)21-6-2-7-25(40)30(21)41/h2,6-7,9-10,13,15,20,26,28,36,50H,3-5,8,12,14,16-17H2,1H3,(H,51,52)/t20-,26-,28-,36+/m1/s1. The highest BCUT2D eigenvalue weighted by atomic mass is 35.5. The zero-order chi connectivity index (χ0) is 38.2. The van der Waals surface area contributed by atoms with Crippen LogP contribution in [0.4, 0.5) is 22.8 Å². The lowest BCUT2D eigenvalue weighted by Gasteiger charge is -2.40. The Bertz CT molecular complexity index is 2450. The summed E-state index contributed by atoms with van der Waals surface area (Å²) in [7, 11) is 1.28. The zero-order valence-electron chi connectivity index (χ0n) is 28.8. The molecule has 4 aliphatic rings. The number of benzene rings is 3. The third kappa shape index (κ3) is 5.37. The van der Waals surface area contributed by atoms with E-state index in [2.05, 4.69) is 6.07 Å². The number of pyridine rings is 1. The van der Waals surface area contributed by atoms with Crippen molar-refractivity contribution in [1.29, 1.82) is 5.26 Å². The highest BCUT2D eigenvalue weighted by molar-refractivity contribution is 6.43. The fraction of sp³-hybridized carbons (Fsp3) is 0.333. The van der Waals surface area contributed by atoms with Crippen LogP contribution in [0.2, 0.25) is 10.0 Å². The first-order valence-corrected chi connectivity index (χ1v) is 18.2. The minimum Gasteiger partial charge on any atom is -0.465 e. The van der Waals surface area contributed by atoms with Gasteiger partial charge in [0, 0.05) is 64.1 Å². The van der Waals surface area contributed by atoms with Crippen LogP contribution in [0.1, 0.15) is 54.6 Å². The van der Waals surface area contributed by atoms with Crippen LogP contribution in [-0.2, 0) is 17.8 Å². The fourth-order valence-electron chi connectivity index (χ4n) is 8.81. The van der Waals surface area contributed by atoms with Gasteiger partial charge < -0.3 is 24.4 Å². The van der Waals surface area contributed by atoms with Gasteiger partial charge in [-0.3, -0.25) is 4.90 Å². The fourth-order valence-corrected chi connectivity index (χ4v) is 9.21. The van der Waals surface area contributed by atoms with Crippen LogP contribution < -0.4 is 0 Å². The normalized spacial score (nSPS) is 20.5. The minimum atomic E-state index is -1.30. The van der Waals surface area contributed by atoms with Gasteiger partial charge in [0.15, 0.2) is 17.5 Å². The summed E-state index contributed by atoms with van der Waals surface area (Å²) in [5.74, 6) is -3.56. The van der Waals surface area contributed by atoms with Crippen LogP contribution in [-0.4, -0.2) is 68.0 Å². The van der Waals surface area contributed by atoms with Crippen molar-refractivity contribution in [1.82, 2.24) is 19.4 Å². The van der Waals surface area contributed by atoms with Crippen molar-refractivity contribution < 1.29 is 37.7 Å². The van der Waals surface area contributed by atoms with E-state index in [0.717, 1.165) is 0 Å². The third-order valence-electron chi connectivity index (χ3n) is 11.2. The number of aromatic nitrogens is 2. The van der Waals surface area contributed by atoms with Gasteiger partial charge in [-0.2, -0.15) is 5.26 Å². The van der Waals surface area contributed by atoms with Crippen LogP contribution in [0, 0.1) is 34.7 Å². The molecule has 278 valence electrons. The van der Waals surface area contributed by atoms with Gasteiger partial charge in [0.05, 0.1) is 59.2 Å². The number of likely N-dealkylation sites (tertiary alicyclic amines) is 1. The van der Waals surface area contributed by atoms with E-state index < -0.39 is 54.4 Å². The van der Waals surface area contributed by atoms with E-state index in [-0.39, 0.29) is 74.2 Å². The molecule has 3 saturated heterocycles. The molecule has 54 heavy (non-hydrogen) atoms. The number of methoxy groups -OCH3 is 1. The molecule has 0 unspecified atom stereocenters. The Morgan fingerprint density at radius 2 is 1.83 bits per heavy atom. The number of hydrogen-bond donors (Lipinski definition) is 2. The van der Waals surface area contributed by atoms with Crippen LogP contribution in [0.3, 0.4) is 0 Å². The number of rotatable bonds is 7. The molecular formula is C39H32Cl2F3N5O5. The van der Waals surface area contributed by atoms with Crippen molar-refractivity contribution in [2.45, 2.75) is 56.8 Å². The summed E-state index contributed by atoms with van der Waals surface area (Å²) in [5.41, 5.74) is 0.791. The Morgan fingerprint density at radius 1 is 1.04 bits per heavy atom. The van der Waals surface area contributed by atoms with Crippen molar-refractivity contribution in [2.24, 2.45) is 5.92 Å². The van der Waals surface area contributed by atoms with E-state index in [9.17, 15) is 25.1 Å². The molecule has 0 spiro atoms. The van der Waals surface area contributed by atoms with E-state index >= 15 is 13.2 Å². The van der Waals surface area contributed by atoms with E-state index in [0.29, 0.717) is 48.0 Å². The van der Waals surface area contributed by atoms with Crippen LogP contribution in [0.25, 0.3) is 44.2 Å². The number of halogens is 5. The second-order valence-electron chi connectivity index (χ2n) is 13.9. The minimum absolute atomic E-state index is 0.0231. The van der Waals surface area contributed by atoms with Gasteiger partial charge in [0.25, 0.3) is 0 Å². The Labute approximate surface area is 316 Å². The third-order valence-corrected chi connectivity index (χ3v) is 12.1. The number of carbonyl (C=O) groups excluding carboxylic acids is 1. The van der Waals surface area contributed by atoms with Gasteiger partial charge in [-0.25, -0.2) is 27.7 Å². The summed E-state index contributed by atoms with van der Waals surface area (Å²) in [6, 6.07) is 11.4. The molecule has 2 bridgehead atoms. The van der Waals surface area contributed by atoms with E-state index in [1.54, 1.807) is 35.2 Å². The molecule has 1 aliphatic carbocycles. The maximum Gasteiger partial charge on any atom is 0.410 e. The number of fused-ring (bicyclic) bond motifs is 4. The zero-order valence-corrected chi connectivity index (χ0v) is 30.3. The molecule has 15 heteroatoms. The Morgan fingerprint density at radius 3 is 2.54 bits per heavy atom. The van der Waals surface area contributed by atoms with Gasteiger partial charge in [0.1, 0.15) is 5.52 Å². The second kappa shape index (κ2) is 13.7. The predicted octanol–water partition coefficient (Wildman–Crippen LogP) is 9.02. The van der Waals surface area contributed by atoms with Crippen molar-refractivity contribution in [2.75, 3.05) is 20.2 Å². The molecule has 5 aromatic rings. The number of carbonyl (C=O) groups is 2. The molecule has 1 saturated carbocycles. The van der Waals surface area contributed by atoms with Crippen molar-refractivity contribution >= 4 is 57.2 Å². The Kier molecular flexibility index (Phi) is 9.11. The maximum atomic E-state index is 17.5. The number of amides is 2. The largest absolute Gasteiger partial charge is 0.465 e. The summed E-state index contributed by atoms with van der Waals surface area (Å²) in [5, 5.41) is 30.2.